The van der Waals surface area contributed by atoms with E-state index in [4.69, 9.17) is 4.74 Å². The van der Waals surface area contributed by atoms with Crippen LogP contribution in [0.25, 0.3) is 6.08 Å². The summed E-state index contributed by atoms with van der Waals surface area (Å²) in [4.78, 5) is 0. The van der Waals surface area contributed by atoms with Crippen molar-refractivity contribution in [1.29, 1.82) is 0 Å². The van der Waals surface area contributed by atoms with E-state index in [9.17, 15) is 0 Å². The Labute approximate surface area is 92.8 Å². The Morgan fingerprint density at radius 2 is 2.20 bits per heavy atom. The van der Waals surface area contributed by atoms with E-state index in [-0.39, 0.29) is 6.10 Å². The standard InChI is InChI=1S/C14H20O/c1-5-7-12(4)15-14-10-13(6-2)9-8-11(14)3/h6,8-10,12H,2,5,7H2,1,3-4H3. The molecule has 0 radical (unpaired) electrons. The molecule has 1 nitrogen and oxygen atoms in total. The van der Waals surface area contributed by atoms with Crippen molar-refractivity contribution in [3.05, 3.63) is 35.9 Å². The molecule has 0 N–H and O–H groups in total. The molecule has 1 atom stereocenters. The highest BCUT2D eigenvalue weighted by Crippen LogP contribution is 2.22. The normalized spacial score (nSPS) is 12.2. The molecule has 0 aromatic heterocycles. The Morgan fingerprint density at radius 1 is 1.47 bits per heavy atom. The quantitative estimate of drug-likeness (QED) is 0.698. The molecule has 0 aliphatic carbocycles. The van der Waals surface area contributed by atoms with Gasteiger partial charge in [0.1, 0.15) is 5.75 Å². The van der Waals surface area contributed by atoms with Gasteiger partial charge in [0.15, 0.2) is 0 Å². The second kappa shape index (κ2) is 5.59. The van der Waals surface area contributed by atoms with Gasteiger partial charge in [0, 0.05) is 0 Å². The SMILES string of the molecule is C=Cc1ccc(C)c(OC(C)CCC)c1. The second-order valence-corrected chi connectivity index (χ2v) is 3.95. The molecule has 0 aliphatic heterocycles. The van der Waals surface area contributed by atoms with Gasteiger partial charge in [-0.05, 0) is 37.5 Å². The number of benzene rings is 1. The van der Waals surface area contributed by atoms with Gasteiger partial charge in [-0.2, -0.15) is 0 Å². The Morgan fingerprint density at radius 3 is 2.80 bits per heavy atom. The Balaban J connectivity index is 2.78. The van der Waals surface area contributed by atoms with Crippen LogP contribution in [0.4, 0.5) is 0 Å². The summed E-state index contributed by atoms with van der Waals surface area (Å²) in [6, 6.07) is 6.18. The first kappa shape index (κ1) is 11.8. The third-order valence-electron chi connectivity index (χ3n) is 2.47. The van der Waals surface area contributed by atoms with Crippen molar-refractivity contribution in [1.82, 2.24) is 0 Å². The lowest BCUT2D eigenvalue weighted by Crippen LogP contribution is -2.11. The minimum atomic E-state index is 0.286. The zero-order valence-electron chi connectivity index (χ0n) is 9.92. The third-order valence-corrected chi connectivity index (χ3v) is 2.47. The largest absolute Gasteiger partial charge is 0.490 e. The van der Waals surface area contributed by atoms with Crippen LogP contribution in [0.15, 0.2) is 24.8 Å². The van der Waals surface area contributed by atoms with Gasteiger partial charge in [-0.15, -0.1) is 0 Å². The van der Waals surface area contributed by atoms with Gasteiger partial charge in [0.05, 0.1) is 6.10 Å². The summed E-state index contributed by atoms with van der Waals surface area (Å²) in [5.41, 5.74) is 2.29. The highest BCUT2D eigenvalue weighted by atomic mass is 16.5. The van der Waals surface area contributed by atoms with E-state index in [2.05, 4.69) is 45.5 Å². The van der Waals surface area contributed by atoms with Gasteiger partial charge in [0.2, 0.25) is 0 Å². The first-order valence-corrected chi connectivity index (χ1v) is 5.57. The van der Waals surface area contributed by atoms with E-state index in [1.54, 1.807) is 0 Å². The molecule has 0 heterocycles. The average Bonchev–Trinajstić information content (AvgIpc) is 2.21. The lowest BCUT2D eigenvalue weighted by molar-refractivity contribution is 0.208. The minimum absolute atomic E-state index is 0.286. The van der Waals surface area contributed by atoms with E-state index >= 15 is 0 Å². The average molecular weight is 204 g/mol. The van der Waals surface area contributed by atoms with Crippen LogP contribution in [0.3, 0.4) is 0 Å². The van der Waals surface area contributed by atoms with Gasteiger partial charge in [-0.1, -0.05) is 38.1 Å². The van der Waals surface area contributed by atoms with Crippen molar-refractivity contribution in [2.24, 2.45) is 0 Å². The summed E-state index contributed by atoms with van der Waals surface area (Å²) in [6.45, 7) is 10.1. The van der Waals surface area contributed by atoms with Gasteiger partial charge >= 0.3 is 0 Å². The fourth-order valence-corrected chi connectivity index (χ4v) is 1.55. The minimum Gasteiger partial charge on any atom is -0.490 e. The number of rotatable bonds is 5. The number of hydrogen-bond donors (Lipinski definition) is 0. The van der Waals surface area contributed by atoms with Crippen LogP contribution in [0.5, 0.6) is 5.75 Å². The predicted octanol–water partition coefficient (Wildman–Crippen LogP) is 4.21. The number of hydrogen-bond acceptors (Lipinski definition) is 1. The Kier molecular flexibility index (Phi) is 4.41. The summed E-state index contributed by atoms with van der Waals surface area (Å²) in [6.07, 6.45) is 4.38. The maximum atomic E-state index is 5.88. The second-order valence-electron chi connectivity index (χ2n) is 3.95. The molecule has 0 amide bonds. The molecule has 0 saturated carbocycles. The molecule has 1 aromatic carbocycles. The Bertz CT molecular complexity index is 328. The molecule has 0 bridgehead atoms. The summed E-state index contributed by atoms with van der Waals surface area (Å²) in [5, 5.41) is 0. The van der Waals surface area contributed by atoms with Crippen molar-refractivity contribution in [2.45, 2.75) is 39.7 Å². The molecule has 0 spiro atoms. The van der Waals surface area contributed by atoms with Crippen LogP contribution < -0.4 is 4.74 Å². The summed E-state index contributed by atoms with van der Waals surface area (Å²) >= 11 is 0. The maximum Gasteiger partial charge on any atom is 0.123 e. The first-order chi connectivity index (χ1) is 7.17. The molecule has 82 valence electrons. The van der Waals surface area contributed by atoms with Gasteiger partial charge in [-0.3, -0.25) is 0 Å². The number of aryl methyl sites for hydroxylation is 1. The molecular formula is C14H20O. The van der Waals surface area contributed by atoms with Crippen molar-refractivity contribution in [2.75, 3.05) is 0 Å². The lowest BCUT2D eigenvalue weighted by atomic mass is 10.1. The molecule has 1 heteroatoms. The fourth-order valence-electron chi connectivity index (χ4n) is 1.55. The monoisotopic (exact) mass is 204 g/mol. The maximum absolute atomic E-state index is 5.88. The zero-order chi connectivity index (χ0) is 11.3. The molecule has 1 aromatic rings. The predicted molar refractivity (Wildman–Crippen MR) is 66.3 cm³/mol. The fraction of sp³-hybridized carbons (Fsp3) is 0.429. The molecule has 0 aliphatic rings. The number of ether oxygens (including phenoxy) is 1. The summed E-state index contributed by atoms with van der Waals surface area (Å²) in [7, 11) is 0. The lowest BCUT2D eigenvalue weighted by Gasteiger charge is -2.16. The van der Waals surface area contributed by atoms with E-state index in [1.165, 1.54) is 5.56 Å². The van der Waals surface area contributed by atoms with Crippen LogP contribution in [0.2, 0.25) is 0 Å². The molecule has 0 saturated heterocycles. The molecule has 15 heavy (non-hydrogen) atoms. The van der Waals surface area contributed by atoms with Crippen molar-refractivity contribution in [3.63, 3.8) is 0 Å². The molecule has 0 fully saturated rings. The summed E-state index contributed by atoms with van der Waals surface area (Å²) < 4.78 is 5.88. The highest BCUT2D eigenvalue weighted by molar-refractivity contribution is 5.51. The molecular weight excluding hydrogens is 184 g/mol. The van der Waals surface area contributed by atoms with Gasteiger partial charge in [-0.25, -0.2) is 0 Å². The third kappa shape index (κ3) is 3.43. The van der Waals surface area contributed by atoms with Crippen LogP contribution >= 0.6 is 0 Å². The van der Waals surface area contributed by atoms with Crippen molar-refractivity contribution in [3.8, 4) is 5.75 Å². The smallest absolute Gasteiger partial charge is 0.123 e. The topological polar surface area (TPSA) is 9.23 Å². The first-order valence-electron chi connectivity index (χ1n) is 5.57. The molecule has 1 rings (SSSR count). The van der Waals surface area contributed by atoms with E-state index in [0.29, 0.717) is 0 Å². The van der Waals surface area contributed by atoms with Crippen LogP contribution in [-0.4, -0.2) is 6.10 Å². The van der Waals surface area contributed by atoms with Gasteiger partial charge in [0.25, 0.3) is 0 Å². The van der Waals surface area contributed by atoms with Crippen molar-refractivity contribution >= 4 is 6.08 Å². The zero-order valence-corrected chi connectivity index (χ0v) is 9.92. The van der Waals surface area contributed by atoms with Crippen LogP contribution in [0, 0.1) is 6.92 Å². The Hall–Kier alpha value is -1.24. The van der Waals surface area contributed by atoms with E-state index in [0.717, 1.165) is 24.2 Å². The van der Waals surface area contributed by atoms with Gasteiger partial charge < -0.3 is 4.74 Å². The van der Waals surface area contributed by atoms with Crippen LogP contribution in [0.1, 0.15) is 37.8 Å². The van der Waals surface area contributed by atoms with Crippen molar-refractivity contribution < 1.29 is 4.74 Å². The highest BCUT2D eigenvalue weighted by Gasteiger charge is 2.05. The molecule has 1 unspecified atom stereocenters. The van der Waals surface area contributed by atoms with Crippen LogP contribution in [-0.2, 0) is 0 Å². The van der Waals surface area contributed by atoms with E-state index < -0.39 is 0 Å². The summed E-state index contributed by atoms with van der Waals surface area (Å²) in [5.74, 6) is 0.980. The van der Waals surface area contributed by atoms with E-state index in [1.807, 2.05) is 6.08 Å².